The van der Waals surface area contributed by atoms with Gasteiger partial charge in [0.2, 0.25) is 5.91 Å². The van der Waals surface area contributed by atoms with E-state index >= 15 is 0 Å². The number of β-amino-alcohol motifs (C(OH)–C–C–N with tert-alkyl or cyclic N) is 1. The molecule has 1 aromatic rings. The molecule has 1 unspecified atom stereocenters. The summed E-state index contributed by atoms with van der Waals surface area (Å²) in [6, 6.07) is 8.41. The van der Waals surface area contributed by atoms with E-state index in [2.05, 4.69) is 29.2 Å². The van der Waals surface area contributed by atoms with E-state index in [-0.39, 0.29) is 24.0 Å². The molecule has 1 N–H and O–H groups in total. The van der Waals surface area contributed by atoms with Crippen LogP contribution in [0.25, 0.3) is 0 Å². The van der Waals surface area contributed by atoms with Crippen molar-refractivity contribution in [3.05, 3.63) is 29.8 Å². The minimum absolute atomic E-state index is 0.0519. The Labute approximate surface area is 156 Å². The summed E-state index contributed by atoms with van der Waals surface area (Å²) >= 11 is 0. The summed E-state index contributed by atoms with van der Waals surface area (Å²) in [4.78, 5) is 16.5. The third-order valence-corrected chi connectivity index (χ3v) is 5.56. The van der Waals surface area contributed by atoms with Gasteiger partial charge < -0.3 is 14.7 Å². The highest BCUT2D eigenvalue weighted by Gasteiger charge is 2.41. The molecule has 1 atom stereocenters. The van der Waals surface area contributed by atoms with E-state index < -0.39 is 0 Å². The van der Waals surface area contributed by atoms with Gasteiger partial charge in [-0.2, -0.15) is 0 Å². The number of nitrogens with zero attached hydrogens (tertiary/aromatic N) is 2. The standard InChI is InChI=1S/C21H32N2O3/c1-17(2)26-19-6-4-18(5-7-19)14-22-11-3-9-21(15-22)10-8-20(25)23(16-21)12-13-24/h4-7,17,24H,3,8-16H2,1-2H3. The molecule has 2 aliphatic heterocycles. The Morgan fingerprint density at radius 1 is 1.19 bits per heavy atom. The molecule has 0 saturated carbocycles. The molecule has 5 heteroatoms. The molecule has 2 fully saturated rings. The fraction of sp³-hybridized carbons (Fsp3) is 0.667. The van der Waals surface area contributed by atoms with Crippen LogP contribution in [0.3, 0.4) is 0 Å². The number of aliphatic hydroxyl groups is 1. The molecule has 2 aliphatic rings. The maximum absolute atomic E-state index is 12.1. The third-order valence-electron chi connectivity index (χ3n) is 5.56. The molecule has 5 nitrogen and oxygen atoms in total. The van der Waals surface area contributed by atoms with Crippen LogP contribution in [0.4, 0.5) is 0 Å². The van der Waals surface area contributed by atoms with Gasteiger partial charge in [-0.25, -0.2) is 0 Å². The number of ether oxygens (including phenoxy) is 1. The van der Waals surface area contributed by atoms with Crippen molar-refractivity contribution >= 4 is 5.91 Å². The minimum atomic E-state index is 0.0519. The van der Waals surface area contributed by atoms with Gasteiger partial charge in [0.15, 0.2) is 0 Å². The Hall–Kier alpha value is -1.59. The van der Waals surface area contributed by atoms with Crippen molar-refractivity contribution in [1.82, 2.24) is 9.80 Å². The number of carbonyl (C=O) groups is 1. The summed E-state index contributed by atoms with van der Waals surface area (Å²) < 4.78 is 5.72. The van der Waals surface area contributed by atoms with Crippen LogP contribution in [-0.2, 0) is 11.3 Å². The van der Waals surface area contributed by atoms with Crippen molar-refractivity contribution in [3.63, 3.8) is 0 Å². The van der Waals surface area contributed by atoms with Crippen LogP contribution in [0.5, 0.6) is 5.75 Å². The Morgan fingerprint density at radius 3 is 2.65 bits per heavy atom. The second-order valence-electron chi connectivity index (χ2n) is 8.16. The van der Waals surface area contributed by atoms with E-state index in [9.17, 15) is 9.90 Å². The van der Waals surface area contributed by atoms with Gasteiger partial charge in [0, 0.05) is 38.0 Å². The fourth-order valence-electron chi connectivity index (χ4n) is 4.41. The number of hydrogen-bond acceptors (Lipinski definition) is 4. The van der Waals surface area contributed by atoms with E-state index in [0.717, 1.165) is 38.3 Å². The van der Waals surface area contributed by atoms with Gasteiger partial charge in [0.05, 0.1) is 12.7 Å². The zero-order chi connectivity index (χ0) is 18.6. The van der Waals surface area contributed by atoms with Gasteiger partial charge >= 0.3 is 0 Å². The molecule has 1 amide bonds. The van der Waals surface area contributed by atoms with Gasteiger partial charge in [0.25, 0.3) is 0 Å². The van der Waals surface area contributed by atoms with Crippen LogP contribution >= 0.6 is 0 Å². The van der Waals surface area contributed by atoms with Crippen molar-refractivity contribution in [1.29, 1.82) is 0 Å². The van der Waals surface area contributed by atoms with Gasteiger partial charge in [0.1, 0.15) is 5.75 Å². The first-order valence-corrected chi connectivity index (χ1v) is 9.86. The molecule has 2 saturated heterocycles. The second-order valence-corrected chi connectivity index (χ2v) is 8.16. The van der Waals surface area contributed by atoms with Crippen molar-refractivity contribution in [2.24, 2.45) is 5.41 Å². The highest BCUT2D eigenvalue weighted by atomic mass is 16.5. The highest BCUT2D eigenvalue weighted by Crippen LogP contribution is 2.39. The smallest absolute Gasteiger partial charge is 0.222 e. The maximum atomic E-state index is 12.1. The molecule has 3 rings (SSSR count). The normalized spacial score (nSPS) is 24.5. The van der Waals surface area contributed by atoms with Gasteiger partial charge in [-0.05, 0) is 57.4 Å². The van der Waals surface area contributed by atoms with Crippen molar-refractivity contribution in [3.8, 4) is 5.75 Å². The van der Waals surface area contributed by atoms with Crippen LogP contribution in [0, 0.1) is 5.41 Å². The Morgan fingerprint density at radius 2 is 1.96 bits per heavy atom. The average molecular weight is 360 g/mol. The number of hydrogen-bond donors (Lipinski definition) is 1. The van der Waals surface area contributed by atoms with E-state index in [0.29, 0.717) is 13.0 Å². The highest BCUT2D eigenvalue weighted by molar-refractivity contribution is 5.77. The van der Waals surface area contributed by atoms with Crippen LogP contribution in [0.2, 0.25) is 0 Å². The molecular weight excluding hydrogens is 328 g/mol. The number of likely N-dealkylation sites (tertiary alicyclic amines) is 2. The van der Waals surface area contributed by atoms with E-state index in [1.807, 2.05) is 18.7 Å². The lowest BCUT2D eigenvalue weighted by atomic mass is 9.73. The molecule has 144 valence electrons. The third kappa shape index (κ3) is 4.77. The Balaban J connectivity index is 1.60. The molecule has 1 spiro atoms. The summed E-state index contributed by atoms with van der Waals surface area (Å²) in [5.41, 5.74) is 1.50. The number of benzene rings is 1. The monoisotopic (exact) mass is 360 g/mol. The zero-order valence-electron chi connectivity index (χ0n) is 16.1. The SMILES string of the molecule is CC(C)Oc1ccc(CN2CCCC3(CCC(=O)N(CCO)C3)C2)cc1. The van der Waals surface area contributed by atoms with E-state index in [1.54, 1.807) is 0 Å². The first-order chi connectivity index (χ1) is 12.5. The van der Waals surface area contributed by atoms with E-state index in [1.165, 1.54) is 18.4 Å². The van der Waals surface area contributed by atoms with Gasteiger partial charge in [-0.3, -0.25) is 9.69 Å². The maximum Gasteiger partial charge on any atom is 0.222 e. The topological polar surface area (TPSA) is 53.0 Å². The summed E-state index contributed by atoms with van der Waals surface area (Å²) in [5, 5.41) is 9.23. The zero-order valence-corrected chi connectivity index (χ0v) is 16.1. The van der Waals surface area contributed by atoms with Crippen LogP contribution < -0.4 is 4.74 Å². The predicted octanol–water partition coefficient (Wildman–Crippen LogP) is 2.67. The number of aliphatic hydroxyl groups excluding tert-OH is 1. The number of piperidine rings is 2. The van der Waals surface area contributed by atoms with Crippen LogP contribution in [0.1, 0.15) is 45.1 Å². The van der Waals surface area contributed by atoms with Crippen molar-refractivity contribution in [2.45, 2.75) is 52.2 Å². The number of rotatable bonds is 6. The summed E-state index contributed by atoms with van der Waals surface area (Å²) in [5.74, 6) is 1.12. The lowest BCUT2D eigenvalue weighted by Gasteiger charge is -2.48. The first-order valence-electron chi connectivity index (χ1n) is 9.86. The van der Waals surface area contributed by atoms with Crippen molar-refractivity contribution < 1.29 is 14.6 Å². The Kier molecular flexibility index (Phi) is 6.20. The van der Waals surface area contributed by atoms with Crippen LogP contribution in [0.15, 0.2) is 24.3 Å². The molecule has 0 radical (unpaired) electrons. The van der Waals surface area contributed by atoms with Crippen LogP contribution in [-0.4, -0.2) is 59.7 Å². The molecule has 26 heavy (non-hydrogen) atoms. The lowest BCUT2D eigenvalue weighted by Crippen LogP contribution is -2.54. The molecule has 0 bridgehead atoms. The molecular formula is C21H32N2O3. The largest absolute Gasteiger partial charge is 0.491 e. The first kappa shape index (κ1) is 19.2. The lowest BCUT2D eigenvalue weighted by molar-refractivity contribution is -0.140. The predicted molar refractivity (Wildman–Crippen MR) is 102 cm³/mol. The molecule has 2 heterocycles. The fourth-order valence-corrected chi connectivity index (χ4v) is 4.41. The van der Waals surface area contributed by atoms with Gasteiger partial charge in [-0.15, -0.1) is 0 Å². The Bertz CT molecular complexity index is 602. The average Bonchev–Trinajstić information content (AvgIpc) is 2.60. The summed E-state index contributed by atoms with van der Waals surface area (Å²) in [6.45, 7) is 8.48. The second kappa shape index (κ2) is 8.40. The minimum Gasteiger partial charge on any atom is -0.491 e. The molecule has 0 aromatic heterocycles. The quantitative estimate of drug-likeness (QED) is 0.847. The van der Waals surface area contributed by atoms with Crippen molar-refractivity contribution in [2.75, 3.05) is 32.8 Å². The van der Waals surface area contributed by atoms with Gasteiger partial charge in [-0.1, -0.05) is 12.1 Å². The number of carbonyl (C=O) groups excluding carboxylic acids is 1. The summed E-state index contributed by atoms with van der Waals surface area (Å²) in [7, 11) is 0. The molecule has 1 aromatic carbocycles. The summed E-state index contributed by atoms with van der Waals surface area (Å²) in [6.07, 6.45) is 4.15. The molecule has 0 aliphatic carbocycles. The number of amides is 1. The van der Waals surface area contributed by atoms with E-state index in [4.69, 9.17) is 4.74 Å².